The highest BCUT2D eigenvalue weighted by Crippen LogP contribution is 2.36. The molecule has 0 aliphatic carbocycles. The molecule has 0 aromatic heterocycles. The van der Waals surface area contributed by atoms with Crippen LogP contribution in [0, 0.1) is 0 Å². The average molecular weight is 276 g/mol. The number of benzene rings is 1. The molecule has 0 amide bonds. The summed E-state index contributed by atoms with van der Waals surface area (Å²) in [6.45, 7) is 0. The van der Waals surface area contributed by atoms with Crippen LogP contribution in [0.1, 0.15) is 5.56 Å². The minimum Gasteiger partial charge on any atom is -0.494 e. The first-order valence-electron chi connectivity index (χ1n) is 4.88. The summed E-state index contributed by atoms with van der Waals surface area (Å²) in [7, 11) is 1.55. The molecular formula is C11H14ClNO3S. The van der Waals surface area contributed by atoms with Crippen molar-refractivity contribution in [3.8, 4) is 5.75 Å². The third-order valence-corrected chi connectivity index (χ3v) is 3.29. The molecule has 4 nitrogen and oxygen atoms in total. The van der Waals surface area contributed by atoms with E-state index in [1.165, 1.54) is 11.8 Å². The smallest absolute Gasteiger partial charge is 0.320 e. The van der Waals surface area contributed by atoms with Crippen molar-refractivity contribution in [3.63, 3.8) is 0 Å². The number of nitrogens with two attached hydrogens (primary N) is 1. The van der Waals surface area contributed by atoms with Gasteiger partial charge in [0, 0.05) is 0 Å². The molecule has 0 bridgehead atoms. The number of rotatable bonds is 5. The molecule has 1 unspecified atom stereocenters. The summed E-state index contributed by atoms with van der Waals surface area (Å²) in [4.78, 5) is 11.5. The van der Waals surface area contributed by atoms with Crippen molar-refractivity contribution in [3.05, 3.63) is 22.7 Å². The van der Waals surface area contributed by atoms with Crippen molar-refractivity contribution in [2.75, 3.05) is 13.4 Å². The number of halogens is 1. The van der Waals surface area contributed by atoms with Crippen molar-refractivity contribution in [1.29, 1.82) is 0 Å². The van der Waals surface area contributed by atoms with Crippen LogP contribution in [-0.2, 0) is 11.2 Å². The topological polar surface area (TPSA) is 72.5 Å². The molecule has 0 saturated carbocycles. The van der Waals surface area contributed by atoms with Gasteiger partial charge < -0.3 is 15.6 Å². The first-order valence-corrected chi connectivity index (χ1v) is 6.48. The van der Waals surface area contributed by atoms with Gasteiger partial charge in [0.05, 0.1) is 17.0 Å². The third kappa shape index (κ3) is 3.52. The Morgan fingerprint density at radius 1 is 1.65 bits per heavy atom. The van der Waals surface area contributed by atoms with E-state index in [9.17, 15) is 4.79 Å². The van der Waals surface area contributed by atoms with Crippen LogP contribution in [-0.4, -0.2) is 30.5 Å². The predicted octanol–water partition coefficient (Wildman–Crippen LogP) is 2.02. The van der Waals surface area contributed by atoms with Gasteiger partial charge in [-0.25, -0.2) is 0 Å². The van der Waals surface area contributed by atoms with Crippen LogP contribution in [0.25, 0.3) is 0 Å². The monoisotopic (exact) mass is 275 g/mol. The van der Waals surface area contributed by atoms with Crippen molar-refractivity contribution in [1.82, 2.24) is 0 Å². The minimum absolute atomic E-state index is 0.243. The summed E-state index contributed by atoms with van der Waals surface area (Å²) in [5.41, 5.74) is 6.27. The summed E-state index contributed by atoms with van der Waals surface area (Å²) in [5, 5.41) is 9.22. The Morgan fingerprint density at radius 2 is 2.29 bits per heavy atom. The van der Waals surface area contributed by atoms with E-state index in [2.05, 4.69) is 0 Å². The molecule has 0 saturated heterocycles. The number of aliphatic carboxylic acids is 1. The predicted molar refractivity (Wildman–Crippen MR) is 69.1 cm³/mol. The van der Waals surface area contributed by atoms with E-state index >= 15 is 0 Å². The molecule has 1 aromatic rings. The standard InChI is InChI=1S/C11H14ClNO3S/c1-16-10-7(12)3-6(5-9(10)17-2)4-8(13)11(14)15/h3,5,8H,4,13H2,1-2H3,(H,14,15). The lowest BCUT2D eigenvalue weighted by Crippen LogP contribution is -2.32. The van der Waals surface area contributed by atoms with Crippen LogP contribution in [0.2, 0.25) is 5.02 Å². The first-order chi connectivity index (χ1) is 7.99. The van der Waals surface area contributed by atoms with E-state index in [-0.39, 0.29) is 6.42 Å². The lowest BCUT2D eigenvalue weighted by atomic mass is 10.1. The SMILES string of the molecule is COc1c(Cl)cc(CC(N)C(=O)O)cc1SC. The molecule has 0 aliphatic rings. The van der Waals surface area contributed by atoms with E-state index in [0.29, 0.717) is 10.8 Å². The van der Waals surface area contributed by atoms with Crippen LogP contribution in [0.5, 0.6) is 5.75 Å². The summed E-state index contributed by atoms with van der Waals surface area (Å²) in [6, 6.07) is 2.61. The van der Waals surface area contributed by atoms with Gasteiger partial charge in [-0.1, -0.05) is 11.6 Å². The Kier molecular flexibility index (Phi) is 5.11. The number of carbonyl (C=O) groups is 1. The maximum absolute atomic E-state index is 10.7. The molecule has 1 rings (SSSR count). The highest BCUT2D eigenvalue weighted by atomic mass is 35.5. The zero-order chi connectivity index (χ0) is 13.0. The Bertz CT molecular complexity index is 425. The van der Waals surface area contributed by atoms with Gasteiger partial charge in [-0.2, -0.15) is 0 Å². The second-order valence-corrected chi connectivity index (χ2v) is 4.72. The maximum Gasteiger partial charge on any atom is 0.320 e. The van der Waals surface area contributed by atoms with Crippen LogP contribution in [0.3, 0.4) is 0 Å². The van der Waals surface area contributed by atoms with E-state index in [4.69, 9.17) is 27.2 Å². The molecule has 0 aliphatic heterocycles. The molecule has 0 heterocycles. The lowest BCUT2D eigenvalue weighted by molar-refractivity contribution is -0.138. The maximum atomic E-state index is 10.7. The van der Waals surface area contributed by atoms with Crippen LogP contribution in [0.4, 0.5) is 0 Å². The molecule has 0 spiro atoms. The van der Waals surface area contributed by atoms with Gasteiger partial charge in [0.2, 0.25) is 0 Å². The van der Waals surface area contributed by atoms with Crippen molar-refractivity contribution in [2.45, 2.75) is 17.4 Å². The molecular weight excluding hydrogens is 262 g/mol. The van der Waals surface area contributed by atoms with Crippen molar-refractivity contribution >= 4 is 29.3 Å². The summed E-state index contributed by atoms with van der Waals surface area (Å²) < 4.78 is 5.17. The van der Waals surface area contributed by atoms with Gasteiger partial charge in [0.1, 0.15) is 6.04 Å². The van der Waals surface area contributed by atoms with Crippen LogP contribution < -0.4 is 10.5 Å². The molecule has 3 N–H and O–H groups in total. The average Bonchev–Trinajstić information content (AvgIpc) is 2.27. The Labute approximate surface area is 109 Å². The number of ether oxygens (including phenoxy) is 1. The fraction of sp³-hybridized carbons (Fsp3) is 0.364. The van der Waals surface area contributed by atoms with Gasteiger partial charge in [-0.05, 0) is 30.4 Å². The number of methoxy groups -OCH3 is 1. The molecule has 17 heavy (non-hydrogen) atoms. The quantitative estimate of drug-likeness (QED) is 0.805. The molecule has 1 atom stereocenters. The van der Waals surface area contributed by atoms with E-state index < -0.39 is 12.0 Å². The number of hydrogen-bond acceptors (Lipinski definition) is 4. The largest absolute Gasteiger partial charge is 0.494 e. The van der Waals surface area contributed by atoms with Crippen molar-refractivity contribution in [2.24, 2.45) is 5.73 Å². The second-order valence-electron chi connectivity index (χ2n) is 3.46. The lowest BCUT2D eigenvalue weighted by Gasteiger charge is -2.12. The van der Waals surface area contributed by atoms with Gasteiger partial charge in [-0.15, -0.1) is 11.8 Å². The van der Waals surface area contributed by atoms with Crippen LogP contribution in [0.15, 0.2) is 17.0 Å². The Balaban J connectivity index is 3.03. The summed E-state index contributed by atoms with van der Waals surface area (Å²) in [5.74, 6) is -0.422. The van der Waals surface area contributed by atoms with Crippen molar-refractivity contribution < 1.29 is 14.6 Å². The highest BCUT2D eigenvalue weighted by Gasteiger charge is 2.15. The van der Waals surface area contributed by atoms with E-state index in [0.717, 1.165) is 10.5 Å². The second kappa shape index (κ2) is 6.14. The van der Waals surface area contributed by atoms with Gasteiger partial charge in [0.15, 0.2) is 5.75 Å². The zero-order valence-corrected chi connectivity index (χ0v) is 11.1. The Hall–Kier alpha value is -0.910. The molecule has 1 aromatic carbocycles. The van der Waals surface area contributed by atoms with E-state index in [1.54, 1.807) is 13.2 Å². The third-order valence-electron chi connectivity index (χ3n) is 2.27. The van der Waals surface area contributed by atoms with Gasteiger partial charge in [0.25, 0.3) is 0 Å². The van der Waals surface area contributed by atoms with Gasteiger partial charge in [-0.3, -0.25) is 4.79 Å². The summed E-state index contributed by atoms with van der Waals surface area (Å²) in [6.07, 6.45) is 2.14. The fourth-order valence-corrected chi connectivity index (χ4v) is 2.45. The highest BCUT2D eigenvalue weighted by molar-refractivity contribution is 7.98. The number of thioether (sulfide) groups is 1. The molecule has 0 fully saturated rings. The molecule has 6 heteroatoms. The normalized spacial score (nSPS) is 12.2. The minimum atomic E-state index is -1.03. The van der Waals surface area contributed by atoms with Crippen LogP contribution >= 0.6 is 23.4 Å². The first kappa shape index (κ1) is 14.2. The molecule has 0 radical (unpaired) electrons. The number of hydrogen-bond donors (Lipinski definition) is 2. The zero-order valence-electron chi connectivity index (χ0n) is 9.57. The number of carboxylic acid groups (broad SMARTS) is 1. The molecule has 94 valence electrons. The number of carboxylic acids is 1. The fourth-order valence-electron chi connectivity index (χ4n) is 1.43. The summed E-state index contributed by atoms with van der Waals surface area (Å²) >= 11 is 7.54. The Morgan fingerprint density at radius 3 is 2.76 bits per heavy atom. The van der Waals surface area contributed by atoms with E-state index in [1.807, 2.05) is 12.3 Å². The van der Waals surface area contributed by atoms with Gasteiger partial charge >= 0.3 is 5.97 Å².